The molecule has 0 saturated heterocycles. The van der Waals surface area contributed by atoms with Gasteiger partial charge in [-0.05, 0) is 12.1 Å². The Balaban J connectivity index is 2.88. The van der Waals surface area contributed by atoms with Gasteiger partial charge in [0.25, 0.3) is 11.8 Å². The highest BCUT2D eigenvalue weighted by Crippen LogP contribution is 2.17. The van der Waals surface area contributed by atoms with Gasteiger partial charge in [-0.3, -0.25) is 15.0 Å². The summed E-state index contributed by atoms with van der Waals surface area (Å²) < 4.78 is 23.5. The molecular weight excluding hydrogens is 257 g/mol. The number of ether oxygens (including phenoxy) is 2. The van der Waals surface area contributed by atoms with Crippen LogP contribution in [0.1, 0.15) is 10.4 Å². The van der Waals surface area contributed by atoms with Crippen LogP contribution in [0.5, 0.6) is 5.75 Å². The maximum absolute atomic E-state index is 13.5. The van der Waals surface area contributed by atoms with E-state index in [4.69, 9.17) is 21.1 Å². The van der Waals surface area contributed by atoms with Crippen molar-refractivity contribution in [1.82, 2.24) is 5.43 Å². The van der Waals surface area contributed by atoms with E-state index in [2.05, 4.69) is 0 Å². The maximum Gasteiger partial charge on any atom is 0.277 e. The van der Waals surface area contributed by atoms with E-state index in [9.17, 15) is 14.0 Å². The Kier molecular flexibility index (Phi) is 5.22. The zero-order valence-electron chi connectivity index (χ0n) is 10.2. The van der Waals surface area contributed by atoms with E-state index < -0.39 is 23.7 Å². The molecule has 104 valence electrons. The Morgan fingerprint density at radius 1 is 1.47 bits per heavy atom. The molecule has 2 amide bonds. The van der Waals surface area contributed by atoms with Crippen LogP contribution in [-0.4, -0.2) is 31.6 Å². The topological polar surface area (TPSA) is 117 Å². The average Bonchev–Trinajstić information content (AvgIpc) is 2.37. The molecule has 0 aliphatic heterocycles. The molecule has 0 heterocycles. The van der Waals surface area contributed by atoms with Gasteiger partial charge in [-0.2, -0.15) is 0 Å². The molecule has 0 saturated carbocycles. The molecule has 0 aliphatic carbocycles. The zero-order chi connectivity index (χ0) is 14.4. The minimum atomic E-state index is -1.03. The number of nitrogens with two attached hydrogens (primary N) is 2. The number of carbonyl (C=O) groups excluding carboxylic acids is 2. The first-order chi connectivity index (χ1) is 8.99. The van der Waals surface area contributed by atoms with E-state index in [1.165, 1.54) is 13.2 Å². The number of amides is 2. The first-order valence-corrected chi connectivity index (χ1v) is 5.25. The lowest BCUT2D eigenvalue weighted by molar-refractivity contribution is -0.130. The number of nitrogens with one attached hydrogen (secondary N) is 1. The third kappa shape index (κ3) is 3.90. The second-order valence-corrected chi connectivity index (χ2v) is 3.58. The number of hydrogen-bond donors (Lipinski definition) is 3. The van der Waals surface area contributed by atoms with Crippen LogP contribution >= 0.6 is 0 Å². The molecule has 1 unspecified atom stereocenters. The highest BCUT2D eigenvalue weighted by Gasteiger charge is 2.20. The molecule has 8 heteroatoms. The molecule has 0 radical (unpaired) electrons. The molecule has 5 N–H and O–H groups in total. The molecule has 19 heavy (non-hydrogen) atoms. The number of hydrogen-bond acceptors (Lipinski definition) is 5. The first kappa shape index (κ1) is 14.9. The Hall–Kier alpha value is -2.19. The SMILES string of the molecule is COCC(Oc1ccc(C(N)=O)c(F)c1)C(=O)NN. The smallest absolute Gasteiger partial charge is 0.277 e. The summed E-state index contributed by atoms with van der Waals surface area (Å²) in [6, 6.07) is 3.43. The number of carbonyl (C=O) groups is 2. The van der Waals surface area contributed by atoms with Gasteiger partial charge in [0, 0.05) is 13.2 Å². The standard InChI is InChI=1S/C11H14FN3O4/c1-18-5-9(11(17)15-14)19-6-2-3-7(10(13)16)8(12)4-6/h2-4,9H,5,14H2,1H3,(H2,13,16)(H,15,17). The molecule has 0 bridgehead atoms. The van der Waals surface area contributed by atoms with Gasteiger partial charge in [0.15, 0.2) is 0 Å². The monoisotopic (exact) mass is 271 g/mol. The Morgan fingerprint density at radius 3 is 2.63 bits per heavy atom. The van der Waals surface area contributed by atoms with Crippen molar-refractivity contribution in [3.63, 3.8) is 0 Å². The number of primary amides is 1. The van der Waals surface area contributed by atoms with Gasteiger partial charge >= 0.3 is 0 Å². The fourth-order valence-corrected chi connectivity index (χ4v) is 1.34. The third-order valence-corrected chi connectivity index (χ3v) is 2.24. The fraction of sp³-hybridized carbons (Fsp3) is 0.273. The largest absolute Gasteiger partial charge is 0.478 e. The van der Waals surface area contributed by atoms with E-state index in [-0.39, 0.29) is 17.9 Å². The summed E-state index contributed by atoms with van der Waals surface area (Å²) in [7, 11) is 1.37. The summed E-state index contributed by atoms with van der Waals surface area (Å²) in [6.07, 6.45) is -1.03. The van der Waals surface area contributed by atoms with Gasteiger partial charge in [0.2, 0.25) is 6.10 Å². The van der Waals surface area contributed by atoms with Crippen molar-refractivity contribution in [1.29, 1.82) is 0 Å². The maximum atomic E-state index is 13.5. The summed E-state index contributed by atoms with van der Waals surface area (Å²) in [5.74, 6) is 2.68. The normalized spacial score (nSPS) is 11.7. The van der Waals surface area contributed by atoms with Crippen molar-refractivity contribution in [2.24, 2.45) is 11.6 Å². The fourth-order valence-electron chi connectivity index (χ4n) is 1.34. The molecule has 0 aromatic heterocycles. The van der Waals surface area contributed by atoms with Gasteiger partial charge in [0.05, 0.1) is 12.2 Å². The number of methoxy groups -OCH3 is 1. The van der Waals surface area contributed by atoms with Gasteiger partial charge < -0.3 is 15.2 Å². The lowest BCUT2D eigenvalue weighted by atomic mass is 10.2. The predicted octanol–water partition coefficient (Wildman–Crippen LogP) is -0.692. The molecule has 1 rings (SSSR count). The quantitative estimate of drug-likeness (QED) is 0.359. The molecule has 0 aliphatic rings. The van der Waals surface area contributed by atoms with Crippen LogP contribution in [0.2, 0.25) is 0 Å². The average molecular weight is 271 g/mol. The van der Waals surface area contributed by atoms with Crippen molar-refractivity contribution < 1.29 is 23.5 Å². The highest BCUT2D eigenvalue weighted by atomic mass is 19.1. The van der Waals surface area contributed by atoms with Gasteiger partial charge in [0.1, 0.15) is 11.6 Å². The van der Waals surface area contributed by atoms with Crippen molar-refractivity contribution in [3.8, 4) is 5.75 Å². The van der Waals surface area contributed by atoms with Crippen molar-refractivity contribution in [2.75, 3.05) is 13.7 Å². The van der Waals surface area contributed by atoms with Crippen LogP contribution in [-0.2, 0) is 9.53 Å². The van der Waals surface area contributed by atoms with Crippen molar-refractivity contribution in [3.05, 3.63) is 29.6 Å². The summed E-state index contributed by atoms with van der Waals surface area (Å²) in [5, 5.41) is 0. The molecule has 0 fully saturated rings. The van der Waals surface area contributed by atoms with E-state index in [1.54, 1.807) is 0 Å². The van der Waals surface area contributed by atoms with Gasteiger partial charge in [-0.1, -0.05) is 0 Å². The molecule has 7 nitrogen and oxygen atoms in total. The highest BCUT2D eigenvalue weighted by molar-refractivity contribution is 5.93. The predicted molar refractivity (Wildman–Crippen MR) is 63.5 cm³/mol. The summed E-state index contributed by atoms with van der Waals surface area (Å²) in [4.78, 5) is 22.2. The Morgan fingerprint density at radius 2 is 2.16 bits per heavy atom. The molecule has 0 spiro atoms. The Bertz CT molecular complexity index is 481. The summed E-state index contributed by atoms with van der Waals surface area (Å²) >= 11 is 0. The van der Waals surface area contributed by atoms with Crippen LogP contribution in [0, 0.1) is 5.82 Å². The number of rotatable bonds is 6. The second-order valence-electron chi connectivity index (χ2n) is 3.58. The van der Waals surface area contributed by atoms with Crippen LogP contribution in [0.15, 0.2) is 18.2 Å². The number of hydrazine groups is 1. The third-order valence-electron chi connectivity index (χ3n) is 2.24. The van der Waals surface area contributed by atoms with Crippen LogP contribution in [0.25, 0.3) is 0 Å². The number of benzene rings is 1. The number of halogens is 1. The first-order valence-electron chi connectivity index (χ1n) is 5.25. The van der Waals surface area contributed by atoms with Crippen molar-refractivity contribution in [2.45, 2.75) is 6.10 Å². The lowest BCUT2D eigenvalue weighted by Gasteiger charge is -2.16. The van der Waals surface area contributed by atoms with Gasteiger partial charge in [-0.25, -0.2) is 10.2 Å². The minimum Gasteiger partial charge on any atom is -0.478 e. The van der Waals surface area contributed by atoms with E-state index in [1.807, 2.05) is 5.43 Å². The Labute approximate surface area is 108 Å². The molecule has 1 aromatic carbocycles. The molecule has 1 aromatic rings. The molecule has 1 atom stereocenters. The lowest BCUT2D eigenvalue weighted by Crippen LogP contribution is -2.44. The summed E-state index contributed by atoms with van der Waals surface area (Å²) in [5.41, 5.74) is 6.60. The van der Waals surface area contributed by atoms with E-state index >= 15 is 0 Å². The zero-order valence-corrected chi connectivity index (χ0v) is 10.2. The van der Waals surface area contributed by atoms with E-state index in [0.717, 1.165) is 12.1 Å². The minimum absolute atomic E-state index is 0.0492. The van der Waals surface area contributed by atoms with Crippen LogP contribution in [0.4, 0.5) is 4.39 Å². The second kappa shape index (κ2) is 6.66. The molecular formula is C11H14FN3O4. The van der Waals surface area contributed by atoms with Crippen molar-refractivity contribution >= 4 is 11.8 Å². The van der Waals surface area contributed by atoms with Crippen LogP contribution in [0.3, 0.4) is 0 Å². The van der Waals surface area contributed by atoms with Gasteiger partial charge in [-0.15, -0.1) is 0 Å². The van der Waals surface area contributed by atoms with Crippen LogP contribution < -0.4 is 21.7 Å². The summed E-state index contributed by atoms with van der Waals surface area (Å²) in [6.45, 7) is -0.0672. The van der Waals surface area contributed by atoms with E-state index in [0.29, 0.717) is 0 Å².